The fourth-order valence-electron chi connectivity index (χ4n) is 1.54. The van der Waals surface area contributed by atoms with E-state index in [2.05, 4.69) is 14.7 Å². The van der Waals surface area contributed by atoms with Crippen LogP contribution in [0, 0.1) is 11.6 Å². The molecule has 0 bridgehead atoms. The van der Waals surface area contributed by atoms with E-state index in [9.17, 15) is 22.0 Å². The minimum absolute atomic E-state index is 0.0474. The molecule has 0 fully saturated rings. The molecule has 1 heterocycles. The number of hydrogen-bond donors (Lipinski definition) is 1. The smallest absolute Gasteiger partial charge is 0.372 e. The van der Waals surface area contributed by atoms with Crippen molar-refractivity contribution in [2.45, 2.75) is 12.6 Å². The Morgan fingerprint density at radius 1 is 1.21 bits per heavy atom. The van der Waals surface area contributed by atoms with E-state index in [1.54, 1.807) is 0 Å². The van der Waals surface area contributed by atoms with Crippen molar-refractivity contribution in [3.8, 4) is 0 Å². The first-order valence-corrected chi connectivity index (χ1v) is 5.34. The molecule has 0 spiro atoms. The molecule has 8 heteroatoms. The van der Waals surface area contributed by atoms with Crippen LogP contribution in [-0.4, -0.2) is 29.4 Å². The van der Waals surface area contributed by atoms with E-state index < -0.39 is 24.4 Å². The van der Waals surface area contributed by atoms with E-state index in [1.807, 2.05) is 0 Å². The molecule has 0 amide bonds. The summed E-state index contributed by atoms with van der Waals surface area (Å²) in [7, 11) is 0. The van der Waals surface area contributed by atoms with Gasteiger partial charge in [0, 0.05) is 6.42 Å². The maximum Gasteiger partial charge on any atom is 0.411 e. The van der Waals surface area contributed by atoms with E-state index in [4.69, 9.17) is 0 Å². The summed E-state index contributed by atoms with van der Waals surface area (Å²) in [5.41, 5.74) is 0.107. The summed E-state index contributed by atoms with van der Waals surface area (Å²) >= 11 is 0. The Hall–Kier alpha value is -1.70. The highest BCUT2D eigenvalue weighted by Gasteiger charge is 2.27. The number of imidazole rings is 1. The van der Waals surface area contributed by atoms with Crippen LogP contribution in [0.5, 0.6) is 0 Å². The van der Waals surface area contributed by atoms with Crippen LogP contribution in [0.2, 0.25) is 0 Å². The van der Waals surface area contributed by atoms with Crippen molar-refractivity contribution in [1.82, 2.24) is 9.97 Å². The van der Waals surface area contributed by atoms with Crippen LogP contribution in [0.25, 0.3) is 11.0 Å². The van der Waals surface area contributed by atoms with Gasteiger partial charge in [0.2, 0.25) is 0 Å². The zero-order valence-electron chi connectivity index (χ0n) is 9.52. The summed E-state index contributed by atoms with van der Waals surface area (Å²) < 4.78 is 66.1. The minimum atomic E-state index is -4.39. The van der Waals surface area contributed by atoms with Crippen molar-refractivity contribution >= 4 is 11.0 Å². The number of ether oxygens (including phenoxy) is 1. The molecule has 0 saturated heterocycles. The number of aromatic amines is 1. The van der Waals surface area contributed by atoms with Gasteiger partial charge in [-0.05, 0) is 12.1 Å². The molecular formula is C11H9F5N2O. The largest absolute Gasteiger partial charge is 0.411 e. The van der Waals surface area contributed by atoms with Crippen molar-refractivity contribution in [2.75, 3.05) is 13.2 Å². The van der Waals surface area contributed by atoms with Gasteiger partial charge in [0.05, 0.1) is 12.1 Å². The van der Waals surface area contributed by atoms with E-state index in [1.165, 1.54) is 6.07 Å². The molecule has 1 aromatic carbocycles. The molecule has 0 radical (unpaired) electrons. The van der Waals surface area contributed by atoms with E-state index in [0.29, 0.717) is 0 Å². The third-order valence-corrected chi connectivity index (χ3v) is 2.34. The van der Waals surface area contributed by atoms with Gasteiger partial charge in [-0.2, -0.15) is 13.2 Å². The van der Waals surface area contributed by atoms with Crippen LogP contribution < -0.4 is 0 Å². The fraction of sp³-hybridized carbons (Fsp3) is 0.364. The number of alkyl halides is 3. The van der Waals surface area contributed by atoms with Crippen molar-refractivity contribution in [3.05, 3.63) is 29.6 Å². The van der Waals surface area contributed by atoms with Crippen LogP contribution in [0.15, 0.2) is 12.1 Å². The maximum absolute atomic E-state index is 13.3. The second-order valence-electron chi connectivity index (χ2n) is 3.86. The van der Waals surface area contributed by atoms with Crippen molar-refractivity contribution in [2.24, 2.45) is 0 Å². The number of aromatic nitrogens is 2. The number of nitrogens with one attached hydrogen (secondary N) is 1. The summed E-state index contributed by atoms with van der Waals surface area (Å²) in [5, 5.41) is 0. The lowest BCUT2D eigenvalue weighted by atomic mass is 10.3. The van der Waals surface area contributed by atoms with Gasteiger partial charge in [-0.3, -0.25) is 0 Å². The predicted octanol–water partition coefficient (Wildman–Crippen LogP) is 2.96. The van der Waals surface area contributed by atoms with Crippen molar-refractivity contribution in [3.63, 3.8) is 0 Å². The number of hydrogen-bond acceptors (Lipinski definition) is 2. The molecule has 0 aliphatic heterocycles. The molecule has 2 rings (SSSR count). The van der Waals surface area contributed by atoms with Gasteiger partial charge < -0.3 is 9.72 Å². The number of halogens is 5. The monoisotopic (exact) mass is 280 g/mol. The van der Waals surface area contributed by atoms with Crippen LogP contribution >= 0.6 is 0 Å². The molecule has 0 aliphatic carbocycles. The van der Waals surface area contributed by atoms with Crippen molar-refractivity contribution in [1.29, 1.82) is 0 Å². The van der Waals surface area contributed by atoms with Crippen LogP contribution in [0.3, 0.4) is 0 Å². The standard InChI is InChI=1S/C11H9F5N2O/c12-6-1-2-7-10(9(6)13)18-8(17-7)3-4-19-5-11(14,15)16/h1-2H,3-5H2,(H,17,18). The number of nitrogens with zero attached hydrogens (tertiary/aromatic N) is 1. The van der Waals surface area contributed by atoms with Crippen molar-refractivity contribution < 1.29 is 26.7 Å². The number of rotatable bonds is 4. The van der Waals surface area contributed by atoms with Crippen LogP contribution in [0.4, 0.5) is 22.0 Å². The molecular weight excluding hydrogens is 271 g/mol. The first kappa shape index (κ1) is 13.7. The van der Waals surface area contributed by atoms with Crippen LogP contribution in [0.1, 0.15) is 5.82 Å². The number of fused-ring (bicyclic) bond motifs is 1. The normalized spacial score (nSPS) is 12.3. The molecule has 0 aliphatic rings. The Kier molecular flexibility index (Phi) is 3.70. The highest BCUT2D eigenvalue weighted by atomic mass is 19.4. The first-order chi connectivity index (χ1) is 8.87. The highest BCUT2D eigenvalue weighted by Crippen LogP contribution is 2.18. The Morgan fingerprint density at radius 3 is 2.63 bits per heavy atom. The predicted molar refractivity (Wildman–Crippen MR) is 56.6 cm³/mol. The third kappa shape index (κ3) is 3.40. The summed E-state index contributed by atoms with van der Waals surface area (Å²) in [6, 6.07) is 2.25. The van der Waals surface area contributed by atoms with E-state index in [0.717, 1.165) is 6.07 Å². The SMILES string of the molecule is Fc1ccc2[nH]c(CCOCC(F)(F)F)nc2c1F. The molecule has 3 nitrogen and oxygen atoms in total. The minimum Gasteiger partial charge on any atom is -0.372 e. The summed E-state index contributed by atoms with van der Waals surface area (Å²) in [6.07, 6.45) is -4.34. The van der Waals surface area contributed by atoms with Gasteiger partial charge in [-0.25, -0.2) is 13.8 Å². The second-order valence-corrected chi connectivity index (χ2v) is 3.86. The second kappa shape index (κ2) is 5.12. The van der Waals surface area contributed by atoms with Gasteiger partial charge in [0.25, 0.3) is 0 Å². The summed E-state index contributed by atoms with van der Waals surface area (Å²) in [5.74, 6) is -1.88. The van der Waals surface area contributed by atoms with Gasteiger partial charge in [0.15, 0.2) is 11.6 Å². The molecule has 0 unspecified atom stereocenters. The lowest BCUT2D eigenvalue weighted by molar-refractivity contribution is -0.173. The third-order valence-electron chi connectivity index (χ3n) is 2.34. The lowest BCUT2D eigenvalue weighted by Gasteiger charge is -2.06. The lowest BCUT2D eigenvalue weighted by Crippen LogP contribution is -2.18. The van der Waals surface area contributed by atoms with E-state index >= 15 is 0 Å². The average Bonchev–Trinajstić information content (AvgIpc) is 2.72. The number of benzene rings is 1. The Morgan fingerprint density at radius 2 is 1.95 bits per heavy atom. The Labute approximate surface area is 104 Å². The molecule has 104 valence electrons. The topological polar surface area (TPSA) is 37.9 Å². The number of H-pyrrole nitrogens is 1. The Bertz CT molecular complexity index is 578. The molecule has 2 aromatic rings. The average molecular weight is 280 g/mol. The zero-order valence-corrected chi connectivity index (χ0v) is 9.52. The Balaban J connectivity index is 2.00. The van der Waals surface area contributed by atoms with E-state index in [-0.39, 0.29) is 29.9 Å². The van der Waals surface area contributed by atoms with Gasteiger partial charge in [-0.15, -0.1) is 0 Å². The maximum atomic E-state index is 13.3. The summed E-state index contributed by atoms with van der Waals surface area (Å²) in [6.45, 7) is -1.57. The quantitative estimate of drug-likeness (QED) is 0.690. The first-order valence-electron chi connectivity index (χ1n) is 5.34. The van der Waals surface area contributed by atoms with Crippen LogP contribution in [-0.2, 0) is 11.2 Å². The van der Waals surface area contributed by atoms with Gasteiger partial charge in [-0.1, -0.05) is 0 Å². The summed E-state index contributed by atoms with van der Waals surface area (Å²) in [4.78, 5) is 6.46. The van der Waals surface area contributed by atoms with Gasteiger partial charge in [0.1, 0.15) is 17.9 Å². The molecule has 0 saturated carbocycles. The molecule has 19 heavy (non-hydrogen) atoms. The zero-order chi connectivity index (χ0) is 14.0. The molecule has 1 aromatic heterocycles. The van der Waals surface area contributed by atoms with Gasteiger partial charge >= 0.3 is 6.18 Å². The molecule has 0 atom stereocenters. The highest BCUT2D eigenvalue weighted by molar-refractivity contribution is 5.75. The fourth-order valence-corrected chi connectivity index (χ4v) is 1.54. The molecule has 1 N–H and O–H groups in total.